The van der Waals surface area contributed by atoms with Crippen molar-refractivity contribution in [1.29, 1.82) is 0 Å². The maximum absolute atomic E-state index is 11.5. The Morgan fingerprint density at radius 3 is 2.50 bits per heavy atom. The summed E-state index contributed by atoms with van der Waals surface area (Å²) in [6.07, 6.45) is 0. The van der Waals surface area contributed by atoms with Gasteiger partial charge in [0.2, 0.25) is 5.91 Å². The Morgan fingerprint density at radius 2 is 1.94 bits per heavy atom. The van der Waals surface area contributed by atoms with Crippen LogP contribution in [0.3, 0.4) is 0 Å². The topological polar surface area (TPSA) is 84.3 Å². The van der Waals surface area contributed by atoms with E-state index in [0.29, 0.717) is 13.1 Å². The van der Waals surface area contributed by atoms with E-state index < -0.39 is 11.0 Å². The number of hydrogen-bond acceptors (Lipinski definition) is 4. The summed E-state index contributed by atoms with van der Waals surface area (Å²) in [5.41, 5.74) is 0.766. The van der Waals surface area contributed by atoms with E-state index in [0.717, 1.165) is 5.56 Å². The Labute approximate surface area is 91.8 Å². The van der Waals surface area contributed by atoms with E-state index in [4.69, 9.17) is 0 Å². The number of nitro benzene ring substituents is 1. The molecule has 16 heavy (non-hydrogen) atoms. The average Bonchev–Trinajstić information content (AvgIpc) is 2.30. The van der Waals surface area contributed by atoms with Crippen molar-refractivity contribution in [3.05, 3.63) is 39.9 Å². The van der Waals surface area contributed by atoms with Gasteiger partial charge in [0.05, 0.1) is 4.92 Å². The van der Waals surface area contributed by atoms with Gasteiger partial charge in [-0.05, 0) is 5.56 Å². The van der Waals surface area contributed by atoms with Crippen molar-refractivity contribution in [1.82, 2.24) is 10.6 Å². The molecule has 1 saturated heterocycles. The summed E-state index contributed by atoms with van der Waals surface area (Å²) in [6.45, 7) is 1.32. The molecular weight excluding hydrogens is 210 g/mol. The van der Waals surface area contributed by atoms with Crippen LogP contribution < -0.4 is 10.6 Å². The van der Waals surface area contributed by atoms with Gasteiger partial charge >= 0.3 is 0 Å². The number of nitrogens with zero attached hydrogens (tertiary/aromatic N) is 1. The van der Waals surface area contributed by atoms with E-state index in [1.165, 1.54) is 12.1 Å². The minimum atomic E-state index is -0.460. The quantitative estimate of drug-likeness (QED) is 0.557. The first-order chi connectivity index (χ1) is 7.68. The van der Waals surface area contributed by atoms with Gasteiger partial charge in [-0.2, -0.15) is 0 Å². The molecule has 1 aromatic carbocycles. The van der Waals surface area contributed by atoms with Gasteiger partial charge in [-0.3, -0.25) is 14.9 Å². The van der Waals surface area contributed by atoms with Crippen molar-refractivity contribution < 1.29 is 9.72 Å². The van der Waals surface area contributed by atoms with Gasteiger partial charge < -0.3 is 10.6 Å². The Balaban J connectivity index is 2.20. The summed E-state index contributed by atoms with van der Waals surface area (Å²) in [6, 6.07) is 5.59. The highest BCUT2D eigenvalue weighted by Gasteiger charge is 2.23. The third-order valence-corrected chi connectivity index (χ3v) is 2.47. The van der Waals surface area contributed by atoms with E-state index in [1.54, 1.807) is 12.1 Å². The fourth-order valence-electron chi connectivity index (χ4n) is 1.65. The predicted octanol–water partition coefficient (Wildman–Crippen LogP) is 0.355. The molecule has 0 spiro atoms. The van der Waals surface area contributed by atoms with Crippen LogP contribution in [-0.4, -0.2) is 23.9 Å². The summed E-state index contributed by atoms with van der Waals surface area (Å²) in [4.78, 5) is 21.5. The van der Waals surface area contributed by atoms with Gasteiger partial charge in [-0.15, -0.1) is 0 Å². The standard InChI is InChI=1S/C10H11N3O3/c14-10-9(11-5-6-12-10)7-1-3-8(4-2-7)13(15)16/h1-4,9,11H,5-6H2,(H,12,14). The van der Waals surface area contributed by atoms with Crippen molar-refractivity contribution in [2.24, 2.45) is 0 Å². The second kappa shape index (κ2) is 4.28. The second-order valence-electron chi connectivity index (χ2n) is 3.53. The van der Waals surface area contributed by atoms with Crippen molar-refractivity contribution >= 4 is 11.6 Å². The lowest BCUT2D eigenvalue weighted by molar-refractivity contribution is -0.384. The van der Waals surface area contributed by atoms with E-state index >= 15 is 0 Å². The average molecular weight is 221 g/mol. The molecule has 1 aromatic rings. The van der Waals surface area contributed by atoms with E-state index in [1.807, 2.05) is 0 Å². The highest BCUT2D eigenvalue weighted by atomic mass is 16.6. The van der Waals surface area contributed by atoms with E-state index in [2.05, 4.69) is 10.6 Å². The van der Waals surface area contributed by atoms with Gasteiger partial charge in [0.1, 0.15) is 6.04 Å². The molecule has 1 heterocycles. The minimum absolute atomic E-state index is 0.0277. The smallest absolute Gasteiger partial charge is 0.269 e. The zero-order valence-electron chi connectivity index (χ0n) is 8.47. The molecule has 1 fully saturated rings. The molecule has 2 rings (SSSR count). The molecule has 1 aliphatic heterocycles. The van der Waals surface area contributed by atoms with Crippen molar-refractivity contribution in [3.8, 4) is 0 Å². The Hall–Kier alpha value is -1.95. The van der Waals surface area contributed by atoms with Crippen molar-refractivity contribution in [3.63, 3.8) is 0 Å². The fourth-order valence-corrected chi connectivity index (χ4v) is 1.65. The van der Waals surface area contributed by atoms with Crippen LogP contribution in [-0.2, 0) is 4.79 Å². The number of rotatable bonds is 2. The molecule has 0 aromatic heterocycles. The van der Waals surface area contributed by atoms with Crippen molar-refractivity contribution in [2.45, 2.75) is 6.04 Å². The van der Waals surface area contributed by atoms with Crippen LogP contribution in [0, 0.1) is 10.1 Å². The molecule has 2 N–H and O–H groups in total. The van der Waals surface area contributed by atoms with Gasteiger partial charge in [-0.25, -0.2) is 0 Å². The molecule has 0 radical (unpaired) electrons. The first kappa shape index (κ1) is 10.6. The highest BCUT2D eigenvalue weighted by molar-refractivity contribution is 5.83. The lowest BCUT2D eigenvalue weighted by Crippen LogP contribution is -2.47. The number of nitrogens with one attached hydrogen (secondary N) is 2. The number of piperazine rings is 1. The number of carbonyl (C=O) groups is 1. The molecule has 1 aliphatic rings. The van der Waals surface area contributed by atoms with Crippen LogP contribution in [0.2, 0.25) is 0 Å². The molecule has 6 heteroatoms. The van der Waals surface area contributed by atoms with Gasteiger partial charge in [0.15, 0.2) is 0 Å². The molecule has 0 saturated carbocycles. The second-order valence-corrected chi connectivity index (χ2v) is 3.53. The zero-order chi connectivity index (χ0) is 11.5. The number of amides is 1. The molecule has 1 unspecified atom stereocenters. The number of non-ortho nitro benzene ring substituents is 1. The third kappa shape index (κ3) is 2.01. The van der Waals surface area contributed by atoms with Crippen LogP contribution >= 0.6 is 0 Å². The number of benzene rings is 1. The molecule has 0 bridgehead atoms. The summed E-state index contributed by atoms with van der Waals surface area (Å²) in [5, 5.41) is 16.2. The molecule has 0 aliphatic carbocycles. The Morgan fingerprint density at radius 1 is 1.25 bits per heavy atom. The molecule has 1 atom stereocenters. The number of nitro groups is 1. The first-order valence-corrected chi connectivity index (χ1v) is 4.94. The maximum atomic E-state index is 11.5. The summed E-state index contributed by atoms with van der Waals surface area (Å²) in [5.74, 6) is -0.0971. The van der Waals surface area contributed by atoms with Crippen molar-refractivity contribution in [2.75, 3.05) is 13.1 Å². The highest BCUT2D eigenvalue weighted by Crippen LogP contribution is 2.18. The molecule has 1 amide bonds. The lowest BCUT2D eigenvalue weighted by Gasteiger charge is -2.23. The predicted molar refractivity (Wildman–Crippen MR) is 56.8 cm³/mol. The SMILES string of the molecule is O=C1NCCNC1c1ccc([N+](=O)[O-])cc1. The van der Waals surface area contributed by atoms with Gasteiger partial charge in [0, 0.05) is 25.2 Å². The van der Waals surface area contributed by atoms with Crippen LogP contribution in [0.15, 0.2) is 24.3 Å². The monoisotopic (exact) mass is 221 g/mol. The summed E-state index contributed by atoms with van der Waals surface area (Å²) in [7, 11) is 0. The van der Waals surface area contributed by atoms with E-state index in [-0.39, 0.29) is 11.6 Å². The third-order valence-electron chi connectivity index (χ3n) is 2.47. The summed E-state index contributed by atoms with van der Waals surface area (Å²) < 4.78 is 0. The molecule has 6 nitrogen and oxygen atoms in total. The van der Waals surface area contributed by atoms with Gasteiger partial charge in [-0.1, -0.05) is 12.1 Å². The first-order valence-electron chi connectivity index (χ1n) is 4.94. The maximum Gasteiger partial charge on any atom is 0.269 e. The number of carbonyl (C=O) groups excluding carboxylic acids is 1. The van der Waals surface area contributed by atoms with Crippen LogP contribution in [0.4, 0.5) is 5.69 Å². The van der Waals surface area contributed by atoms with Gasteiger partial charge in [0.25, 0.3) is 5.69 Å². The fraction of sp³-hybridized carbons (Fsp3) is 0.300. The normalized spacial score (nSPS) is 20.2. The molecule has 84 valence electrons. The zero-order valence-corrected chi connectivity index (χ0v) is 8.47. The lowest BCUT2D eigenvalue weighted by atomic mass is 10.0. The Kier molecular flexibility index (Phi) is 2.82. The number of hydrogen-bond donors (Lipinski definition) is 2. The Bertz CT molecular complexity index is 416. The summed E-state index contributed by atoms with van der Waals surface area (Å²) >= 11 is 0. The van der Waals surface area contributed by atoms with Crippen LogP contribution in [0.25, 0.3) is 0 Å². The largest absolute Gasteiger partial charge is 0.353 e. The van der Waals surface area contributed by atoms with E-state index in [9.17, 15) is 14.9 Å². The van der Waals surface area contributed by atoms with Crippen LogP contribution in [0.1, 0.15) is 11.6 Å². The minimum Gasteiger partial charge on any atom is -0.353 e. The molecular formula is C10H11N3O3. The van der Waals surface area contributed by atoms with Crippen LogP contribution in [0.5, 0.6) is 0 Å².